The summed E-state index contributed by atoms with van der Waals surface area (Å²) in [5.74, 6) is -0.00382. The van der Waals surface area contributed by atoms with Gasteiger partial charge in [-0.3, -0.25) is 4.79 Å². The second kappa shape index (κ2) is 7.24. The number of carbonyl (C=O) groups excluding carboxylic acids is 1. The van der Waals surface area contributed by atoms with Crippen LogP contribution < -0.4 is 5.73 Å². The molecule has 1 aromatic rings. The molecule has 2 rings (SSSR count). The molecule has 3 atom stereocenters. The molecular formula is C13H21ClN2O2S. The molecule has 0 saturated carbocycles. The van der Waals surface area contributed by atoms with E-state index in [1.54, 1.807) is 18.3 Å². The molecular weight excluding hydrogens is 284 g/mol. The van der Waals surface area contributed by atoms with Crippen LogP contribution in [0.25, 0.3) is 0 Å². The molecule has 0 aromatic carbocycles. The number of hydrogen-bond acceptors (Lipinski definition) is 4. The number of carbonyl (C=O) groups is 1. The standard InChI is InChI=1S/C13H20N2O2S.ClH/c1-9(14)13(17)15-6-2-4-10(15)8-11(16)12-5-3-7-18-12;/h3,5,7,9-11,16H,2,4,6,8,14H2,1H3;1H/t9-,10?,11?;/m1./s1. The minimum absolute atomic E-state index is 0. The molecule has 0 radical (unpaired) electrons. The van der Waals surface area contributed by atoms with Crippen LogP contribution in [0.15, 0.2) is 17.5 Å². The van der Waals surface area contributed by atoms with Crippen molar-refractivity contribution < 1.29 is 9.90 Å². The summed E-state index contributed by atoms with van der Waals surface area (Å²) >= 11 is 1.55. The summed E-state index contributed by atoms with van der Waals surface area (Å²) in [5.41, 5.74) is 5.65. The van der Waals surface area contributed by atoms with E-state index in [0.29, 0.717) is 6.42 Å². The van der Waals surface area contributed by atoms with E-state index >= 15 is 0 Å². The molecule has 1 aromatic heterocycles. The van der Waals surface area contributed by atoms with Crippen molar-refractivity contribution in [3.63, 3.8) is 0 Å². The first kappa shape index (κ1) is 16.4. The molecule has 0 bridgehead atoms. The van der Waals surface area contributed by atoms with Crippen LogP contribution >= 0.6 is 23.7 Å². The Morgan fingerprint density at radius 2 is 2.42 bits per heavy atom. The Balaban J connectivity index is 0.00000180. The van der Waals surface area contributed by atoms with Crippen molar-refractivity contribution in [1.82, 2.24) is 4.90 Å². The quantitative estimate of drug-likeness (QED) is 0.893. The lowest BCUT2D eigenvalue weighted by Gasteiger charge is -2.27. The molecule has 1 saturated heterocycles. The SMILES string of the molecule is C[C@@H](N)C(=O)N1CCCC1CC(O)c1cccs1.Cl. The Bertz CT molecular complexity index is 397. The number of likely N-dealkylation sites (tertiary alicyclic amines) is 1. The molecule has 0 spiro atoms. The van der Waals surface area contributed by atoms with E-state index in [1.165, 1.54) is 0 Å². The van der Waals surface area contributed by atoms with E-state index in [1.807, 2.05) is 22.4 Å². The van der Waals surface area contributed by atoms with E-state index < -0.39 is 12.1 Å². The lowest BCUT2D eigenvalue weighted by Crippen LogP contribution is -2.44. The third kappa shape index (κ3) is 3.92. The number of amides is 1. The number of nitrogens with two attached hydrogens (primary N) is 1. The highest BCUT2D eigenvalue weighted by Crippen LogP contribution is 2.29. The lowest BCUT2D eigenvalue weighted by atomic mass is 10.1. The van der Waals surface area contributed by atoms with Crippen molar-refractivity contribution in [3.05, 3.63) is 22.4 Å². The number of rotatable bonds is 4. The zero-order valence-corrected chi connectivity index (χ0v) is 12.6. The average molecular weight is 305 g/mol. The average Bonchev–Trinajstić information content (AvgIpc) is 2.98. The van der Waals surface area contributed by atoms with Crippen molar-refractivity contribution >= 4 is 29.7 Å². The predicted octanol–water partition coefficient (Wildman–Crippen LogP) is 1.93. The third-order valence-corrected chi connectivity index (χ3v) is 4.39. The first-order valence-corrected chi connectivity index (χ1v) is 7.25. The number of halogens is 1. The van der Waals surface area contributed by atoms with E-state index in [0.717, 1.165) is 24.3 Å². The minimum atomic E-state index is -0.475. The van der Waals surface area contributed by atoms with Crippen molar-refractivity contribution in [1.29, 1.82) is 0 Å². The van der Waals surface area contributed by atoms with Gasteiger partial charge in [0.2, 0.25) is 5.91 Å². The van der Waals surface area contributed by atoms with Gasteiger partial charge >= 0.3 is 0 Å². The zero-order chi connectivity index (χ0) is 13.1. The maximum Gasteiger partial charge on any atom is 0.239 e. The van der Waals surface area contributed by atoms with Crippen LogP contribution in [0.3, 0.4) is 0 Å². The van der Waals surface area contributed by atoms with E-state index in [2.05, 4.69) is 0 Å². The fraction of sp³-hybridized carbons (Fsp3) is 0.615. The van der Waals surface area contributed by atoms with Crippen LogP contribution in [0.5, 0.6) is 0 Å². The fourth-order valence-corrected chi connectivity index (χ4v) is 3.21. The van der Waals surface area contributed by atoms with Crippen molar-refractivity contribution in [2.45, 2.75) is 44.4 Å². The first-order valence-electron chi connectivity index (χ1n) is 6.37. The van der Waals surface area contributed by atoms with Gasteiger partial charge in [-0.2, -0.15) is 0 Å². The highest BCUT2D eigenvalue weighted by Gasteiger charge is 2.31. The van der Waals surface area contributed by atoms with E-state index in [4.69, 9.17) is 5.73 Å². The number of nitrogens with zero attached hydrogens (tertiary/aromatic N) is 1. The van der Waals surface area contributed by atoms with Crippen molar-refractivity contribution in [2.24, 2.45) is 5.73 Å². The molecule has 1 amide bonds. The first-order chi connectivity index (χ1) is 8.59. The van der Waals surface area contributed by atoms with Gasteiger partial charge in [-0.05, 0) is 37.6 Å². The molecule has 2 unspecified atom stereocenters. The summed E-state index contributed by atoms with van der Waals surface area (Å²) in [6.45, 7) is 2.48. The summed E-state index contributed by atoms with van der Waals surface area (Å²) in [5, 5.41) is 12.1. The normalized spacial score (nSPS) is 21.8. The molecule has 2 heterocycles. The second-order valence-corrected chi connectivity index (χ2v) is 5.86. The van der Waals surface area contributed by atoms with Gasteiger partial charge in [-0.25, -0.2) is 0 Å². The summed E-state index contributed by atoms with van der Waals surface area (Å²) in [4.78, 5) is 14.7. The van der Waals surface area contributed by atoms with Gasteiger partial charge < -0.3 is 15.7 Å². The lowest BCUT2D eigenvalue weighted by molar-refractivity contribution is -0.133. The Morgan fingerprint density at radius 1 is 1.68 bits per heavy atom. The van der Waals surface area contributed by atoms with E-state index in [-0.39, 0.29) is 24.4 Å². The predicted molar refractivity (Wildman–Crippen MR) is 79.5 cm³/mol. The molecule has 6 heteroatoms. The van der Waals surface area contributed by atoms with Crippen LogP contribution in [0, 0.1) is 0 Å². The zero-order valence-electron chi connectivity index (χ0n) is 11.0. The topological polar surface area (TPSA) is 66.6 Å². The van der Waals surface area contributed by atoms with Gasteiger partial charge in [0.05, 0.1) is 12.1 Å². The molecule has 3 N–H and O–H groups in total. The number of aliphatic hydroxyl groups is 1. The Hall–Kier alpha value is -0.620. The number of aliphatic hydroxyl groups excluding tert-OH is 1. The highest BCUT2D eigenvalue weighted by molar-refractivity contribution is 7.10. The minimum Gasteiger partial charge on any atom is -0.387 e. The van der Waals surface area contributed by atoms with E-state index in [9.17, 15) is 9.90 Å². The Morgan fingerprint density at radius 3 is 3.00 bits per heavy atom. The van der Waals surface area contributed by atoms with Gasteiger partial charge in [0.15, 0.2) is 0 Å². The molecule has 1 fully saturated rings. The molecule has 1 aliphatic heterocycles. The van der Waals surface area contributed by atoms with Crippen LogP contribution in [-0.4, -0.2) is 34.5 Å². The summed E-state index contributed by atoms with van der Waals surface area (Å²) in [6.07, 6.45) is 2.09. The maximum absolute atomic E-state index is 11.9. The fourth-order valence-electron chi connectivity index (χ4n) is 2.49. The second-order valence-electron chi connectivity index (χ2n) is 4.88. The van der Waals surface area contributed by atoms with Gasteiger partial charge in [-0.1, -0.05) is 6.07 Å². The highest BCUT2D eigenvalue weighted by atomic mass is 35.5. The van der Waals surface area contributed by atoms with Crippen LogP contribution in [-0.2, 0) is 4.79 Å². The van der Waals surface area contributed by atoms with Crippen LogP contribution in [0.2, 0.25) is 0 Å². The summed E-state index contributed by atoms with van der Waals surface area (Å²) in [6, 6.07) is 3.54. The largest absolute Gasteiger partial charge is 0.387 e. The summed E-state index contributed by atoms with van der Waals surface area (Å²) < 4.78 is 0. The summed E-state index contributed by atoms with van der Waals surface area (Å²) in [7, 11) is 0. The Labute approximate surface area is 124 Å². The monoisotopic (exact) mass is 304 g/mol. The number of hydrogen-bond donors (Lipinski definition) is 2. The van der Waals surface area contributed by atoms with Crippen LogP contribution in [0.1, 0.15) is 37.2 Å². The molecule has 0 aliphatic carbocycles. The Kier molecular flexibility index (Phi) is 6.26. The number of thiophene rings is 1. The molecule has 108 valence electrons. The molecule has 1 aliphatic rings. The van der Waals surface area contributed by atoms with Gasteiger partial charge in [0.25, 0.3) is 0 Å². The smallest absolute Gasteiger partial charge is 0.239 e. The maximum atomic E-state index is 11.9. The van der Waals surface area contributed by atoms with Crippen molar-refractivity contribution in [3.8, 4) is 0 Å². The van der Waals surface area contributed by atoms with Crippen LogP contribution in [0.4, 0.5) is 0 Å². The molecule has 4 nitrogen and oxygen atoms in total. The van der Waals surface area contributed by atoms with Gasteiger partial charge in [-0.15, -0.1) is 23.7 Å². The van der Waals surface area contributed by atoms with Crippen molar-refractivity contribution in [2.75, 3.05) is 6.54 Å². The van der Waals surface area contributed by atoms with Gasteiger partial charge in [0.1, 0.15) is 0 Å². The third-order valence-electron chi connectivity index (χ3n) is 3.42. The van der Waals surface area contributed by atoms with Gasteiger partial charge in [0, 0.05) is 17.5 Å². The molecule has 19 heavy (non-hydrogen) atoms.